The minimum Gasteiger partial charge on any atom is -0.469 e. The average Bonchev–Trinajstić information content (AvgIpc) is 2.29. The Hall–Kier alpha value is -1.12. The largest absolute Gasteiger partial charge is 0.469 e. The van der Waals surface area contributed by atoms with Gasteiger partial charge in [0.25, 0.3) is 0 Å². The number of rotatable bonds is 6. The minimum absolute atomic E-state index is 0.0188. The molecule has 0 spiro atoms. The number of carbonyl (C=O) groups excluding carboxylic acids is 2. The molecule has 0 radical (unpaired) electrons. The second kappa shape index (κ2) is 12.0. The highest BCUT2D eigenvalue weighted by Gasteiger charge is 2.19. The highest BCUT2D eigenvalue weighted by molar-refractivity contribution is 5.82. The quantitative estimate of drug-likeness (QED) is 0.518. The fraction of sp³-hybridized carbons (Fsp3) is 0.692. The van der Waals surface area contributed by atoms with E-state index in [1.54, 1.807) is 0 Å². The number of Topliss-reactive ketones (excluding diaryl/α,β-unsaturated/α-hetero) is 1. The lowest BCUT2D eigenvalue weighted by Gasteiger charge is -2.09. The molecule has 0 aromatic rings. The number of carbonyl (C=O) groups is 2. The van der Waals surface area contributed by atoms with Crippen molar-refractivity contribution in [2.75, 3.05) is 7.11 Å². The predicted molar refractivity (Wildman–Crippen MR) is 66.2 cm³/mol. The molecule has 0 aromatic carbocycles. The molecule has 0 saturated heterocycles. The lowest BCUT2D eigenvalue weighted by Crippen LogP contribution is -2.18. The zero-order valence-electron chi connectivity index (χ0n) is 11.1. The number of hydrogen-bond donors (Lipinski definition) is 0. The van der Waals surface area contributed by atoms with E-state index in [0.29, 0.717) is 6.42 Å². The van der Waals surface area contributed by atoms with E-state index in [4.69, 9.17) is 0 Å². The van der Waals surface area contributed by atoms with Gasteiger partial charge in [-0.15, -0.1) is 0 Å². The van der Waals surface area contributed by atoms with Crippen LogP contribution in [0.25, 0.3) is 0 Å². The van der Waals surface area contributed by atoms with Crippen molar-refractivity contribution in [3.8, 4) is 0 Å². The maximum absolute atomic E-state index is 11.2. The first-order valence-electron chi connectivity index (χ1n) is 5.84. The number of allylic oxidation sites excluding steroid dienone is 2. The molecule has 0 aliphatic heterocycles. The van der Waals surface area contributed by atoms with Crippen LogP contribution >= 0.6 is 0 Å². The van der Waals surface area contributed by atoms with Gasteiger partial charge in [0.05, 0.1) is 13.0 Å². The third-order valence-corrected chi connectivity index (χ3v) is 1.89. The Morgan fingerprint density at radius 2 is 1.81 bits per heavy atom. The van der Waals surface area contributed by atoms with Gasteiger partial charge in [-0.2, -0.15) is 0 Å². The number of hydrogen-bond acceptors (Lipinski definition) is 3. The van der Waals surface area contributed by atoms with Crippen LogP contribution in [0.4, 0.5) is 0 Å². The SMILES string of the molecule is CC.CC/C=C/CC(CC(C)=O)C(=O)OC. The summed E-state index contributed by atoms with van der Waals surface area (Å²) in [5.74, 6) is -0.605. The standard InChI is InChI=1S/C11H18O3.C2H6/c1-4-5-6-7-10(8-9(2)12)11(13)14-3;1-2/h5-6,10H,4,7-8H2,1-3H3;1-2H3/b6-5+;. The third kappa shape index (κ3) is 9.44. The highest BCUT2D eigenvalue weighted by Crippen LogP contribution is 2.12. The van der Waals surface area contributed by atoms with Crippen LogP contribution < -0.4 is 0 Å². The molecule has 3 nitrogen and oxygen atoms in total. The first kappa shape index (κ1) is 17.3. The van der Waals surface area contributed by atoms with Gasteiger partial charge in [0, 0.05) is 6.42 Å². The molecule has 0 heterocycles. The van der Waals surface area contributed by atoms with E-state index in [9.17, 15) is 9.59 Å². The van der Waals surface area contributed by atoms with Crippen LogP contribution in [0, 0.1) is 5.92 Å². The normalized spacial score (nSPS) is 11.6. The molecule has 0 amide bonds. The van der Waals surface area contributed by atoms with Gasteiger partial charge < -0.3 is 9.53 Å². The highest BCUT2D eigenvalue weighted by atomic mass is 16.5. The first-order valence-corrected chi connectivity index (χ1v) is 5.84. The molecule has 0 aromatic heterocycles. The minimum atomic E-state index is -0.319. The van der Waals surface area contributed by atoms with Crippen LogP contribution in [-0.4, -0.2) is 18.9 Å². The van der Waals surface area contributed by atoms with Crippen LogP contribution in [0.1, 0.15) is 47.0 Å². The van der Waals surface area contributed by atoms with Crippen molar-refractivity contribution in [1.29, 1.82) is 0 Å². The summed E-state index contributed by atoms with van der Waals surface area (Å²) in [7, 11) is 1.35. The van der Waals surface area contributed by atoms with Gasteiger partial charge in [0.1, 0.15) is 5.78 Å². The summed E-state index contributed by atoms with van der Waals surface area (Å²) in [5.41, 5.74) is 0. The van der Waals surface area contributed by atoms with E-state index in [0.717, 1.165) is 6.42 Å². The van der Waals surface area contributed by atoms with E-state index in [1.165, 1.54) is 14.0 Å². The lowest BCUT2D eigenvalue weighted by molar-refractivity contribution is -0.146. The van der Waals surface area contributed by atoms with Crippen LogP contribution in [0.15, 0.2) is 12.2 Å². The molecule has 16 heavy (non-hydrogen) atoms. The van der Waals surface area contributed by atoms with Gasteiger partial charge in [-0.25, -0.2) is 0 Å². The molecule has 0 bridgehead atoms. The number of methoxy groups -OCH3 is 1. The fourth-order valence-corrected chi connectivity index (χ4v) is 1.20. The number of ketones is 1. The van der Waals surface area contributed by atoms with Crippen molar-refractivity contribution in [1.82, 2.24) is 0 Å². The van der Waals surface area contributed by atoms with Crippen molar-refractivity contribution in [3.05, 3.63) is 12.2 Å². The molecule has 3 heteroatoms. The average molecular weight is 228 g/mol. The van der Waals surface area contributed by atoms with Gasteiger partial charge in [0.15, 0.2) is 0 Å². The molecular formula is C13H24O3. The summed E-state index contributed by atoms with van der Waals surface area (Å²) in [5, 5.41) is 0. The second-order valence-electron chi connectivity index (χ2n) is 3.24. The smallest absolute Gasteiger partial charge is 0.309 e. The Morgan fingerprint density at radius 3 is 2.19 bits per heavy atom. The summed E-state index contributed by atoms with van der Waals surface area (Å²) < 4.78 is 4.62. The van der Waals surface area contributed by atoms with Crippen LogP contribution in [0.5, 0.6) is 0 Å². The molecule has 0 aliphatic rings. The van der Waals surface area contributed by atoms with E-state index >= 15 is 0 Å². The Balaban J connectivity index is 0. The lowest BCUT2D eigenvalue weighted by atomic mass is 9.99. The molecule has 0 saturated carbocycles. The summed E-state index contributed by atoms with van der Waals surface area (Å²) in [6.45, 7) is 7.51. The number of ether oxygens (including phenoxy) is 1. The summed E-state index contributed by atoms with van der Waals surface area (Å²) in [6.07, 6.45) is 5.69. The van der Waals surface area contributed by atoms with Crippen molar-refractivity contribution >= 4 is 11.8 Å². The molecular weight excluding hydrogens is 204 g/mol. The van der Waals surface area contributed by atoms with E-state index < -0.39 is 0 Å². The summed E-state index contributed by atoms with van der Waals surface area (Å²) >= 11 is 0. The monoisotopic (exact) mass is 228 g/mol. The van der Waals surface area contributed by atoms with Gasteiger partial charge >= 0.3 is 5.97 Å². The van der Waals surface area contributed by atoms with Crippen molar-refractivity contribution in [2.45, 2.75) is 47.0 Å². The summed E-state index contributed by atoms with van der Waals surface area (Å²) in [4.78, 5) is 22.1. The number of esters is 1. The van der Waals surface area contributed by atoms with Gasteiger partial charge in [-0.05, 0) is 19.8 Å². The van der Waals surface area contributed by atoms with Crippen LogP contribution in [-0.2, 0) is 14.3 Å². The van der Waals surface area contributed by atoms with Crippen molar-refractivity contribution in [2.24, 2.45) is 5.92 Å². The fourth-order valence-electron chi connectivity index (χ4n) is 1.20. The third-order valence-electron chi connectivity index (χ3n) is 1.89. The van der Waals surface area contributed by atoms with Gasteiger partial charge in [-0.1, -0.05) is 32.9 Å². The van der Waals surface area contributed by atoms with Crippen LogP contribution in [0.2, 0.25) is 0 Å². The van der Waals surface area contributed by atoms with Gasteiger partial charge in [-0.3, -0.25) is 4.79 Å². The Kier molecular flexibility index (Phi) is 12.9. The predicted octanol–water partition coefficient (Wildman–Crippen LogP) is 3.14. The molecule has 0 aliphatic carbocycles. The van der Waals surface area contributed by atoms with Crippen molar-refractivity contribution in [3.63, 3.8) is 0 Å². The topological polar surface area (TPSA) is 43.4 Å². The second-order valence-corrected chi connectivity index (χ2v) is 3.24. The zero-order chi connectivity index (χ0) is 13.0. The maximum Gasteiger partial charge on any atom is 0.309 e. The molecule has 94 valence electrons. The molecule has 0 rings (SSSR count). The molecule has 0 N–H and O–H groups in total. The Labute approximate surface area is 98.9 Å². The Morgan fingerprint density at radius 1 is 1.25 bits per heavy atom. The van der Waals surface area contributed by atoms with E-state index in [-0.39, 0.29) is 24.1 Å². The first-order chi connectivity index (χ1) is 7.61. The van der Waals surface area contributed by atoms with Gasteiger partial charge in [0.2, 0.25) is 0 Å². The summed E-state index contributed by atoms with van der Waals surface area (Å²) in [6, 6.07) is 0. The maximum atomic E-state index is 11.2. The molecule has 0 fully saturated rings. The Bertz CT molecular complexity index is 219. The molecule has 1 atom stereocenters. The van der Waals surface area contributed by atoms with Crippen molar-refractivity contribution < 1.29 is 14.3 Å². The van der Waals surface area contributed by atoms with Crippen LogP contribution in [0.3, 0.4) is 0 Å². The molecule has 1 unspecified atom stereocenters. The van der Waals surface area contributed by atoms with E-state index in [2.05, 4.69) is 4.74 Å². The zero-order valence-corrected chi connectivity index (χ0v) is 11.1. The van der Waals surface area contributed by atoms with E-state index in [1.807, 2.05) is 32.9 Å².